The number of nitrogens with one attached hydrogen (secondary N) is 2. The first-order valence-corrected chi connectivity index (χ1v) is 9.40. The highest BCUT2D eigenvalue weighted by molar-refractivity contribution is 5.93. The number of carboxylic acid groups (broad SMARTS) is 1. The van der Waals surface area contributed by atoms with Crippen LogP contribution in [-0.4, -0.2) is 54.8 Å². The molecule has 0 bridgehead atoms. The van der Waals surface area contributed by atoms with Gasteiger partial charge in [-0.1, -0.05) is 18.2 Å². The molecule has 3 N–H and O–H groups in total. The fourth-order valence-electron chi connectivity index (χ4n) is 4.55. The van der Waals surface area contributed by atoms with Crippen molar-refractivity contribution >= 4 is 16.9 Å². The molecule has 0 amide bonds. The predicted molar refractivity (Wildman–Crippen MR) is 109 cm³/mol. The van der Waals surface area contributed by atoms with Gasteiger partial charge in [-0.05, 0) is 43.3 Å². The number of carbonyl (C=O) groups is 1. The van der Waals surface area contributed by atoms with E-state index in [4.69, 9.17) is 4.74 Å². The molecule has 1 saturated heterocycles. The summed E-state index contributed by atoms with van der Waals surface area (Å²) in [4.78, 5) is 17.7. The van der Waals surface area contributed by atoms with E-state index in [1.807, 2.05) is 37.4 Å². The van der Waals surface area contributed by atoms with Crippen molar-refractivity contribution in [1.29, 1.82) is 0 Å². The summed E-state index contributed by atoms with van der Waals surface area (Å²) in [6, 6.07) is 11.4. The van der Waals surface area contributed by atoms with E-state index in [-0.39, 0.29) is 0 Å². The molecule has 2 aromatic carbocycles. The number of rotatable bonds is 4. The van der Waals surface area contributed by atoms with E-state index in [0.29, 0.717) is 12.1 Å². The standard InChI is InChI=1S/C22H25N3O3/c1-14-12-18(28-3)19(16-8-9-24-20(14)16)22(13-23-10-11-25(22)2)17-7-5-4-6-15(17)21(26)27/h4-9,12,23-24H,10-11,13H2,1-3H3,(H,26,27). The van der Waals surface area contributed by atoms with E-state index >= 15 is 0 Å². The van der Waals surface area contributed by atoms with Crippen LogP contribution in [0.3, 0.4) is 0 Å². The van der Waals surface area contributed by atoms with Crippen LogP contribution in [0, 0.1) is 6.92 Å². The smallest absolute Gasteiger partial charge is 0.336 e. The number of aromatic nitrogens is 1. The first-order chi connectivity index (χ1) is 13.5. The molecule has 6 heteroatoms. The minimum Gasteiger partial charge on any atom is -0.496 e. The number of likely N-dealkylation sites (N-methyl/N-ethyl adjacent to an activating group) is 1. The Kier molecular flexibility index (Phi) is 4.61. The molecule has 1 aliphatic rings. The number of piperazine rings is 1. The number of H-pyrrole nitrogens is 1. The molecule has 0 aliphatic carbocycles. The van der Waals surface area contributed by atoms with Gasteiger partial charge in [0.05, 0.1) is 18.2 Å². The van der Waals surface area contributed by atoms with Gasteiger partial charge in [0.15, 0.2) is 0 Å². The van der Waals surface area contributed by atoms with Gasteiger partial charge in [-0.3, -0.25) is 4.90 Å². The lowest BCUT2D eigenvalue weighted by atomic mass is 9.75. The molecular weight excluding hydrogens is 354 g/mol. The Hall–Kier alpha value is -2.83. The summed E-state index contributed by atoms with van der Waals surface area (Å²) >= 11 is 0. The van der Waals surface area contributed by atoms with Crippen LogP contribution in [-0.2, 0) is 5.54 Å². The van der Waals surface area contributed by atoms with E-state index in [2.05, 4.69) is 22.2 Å². The third-order valence-corrected chi connectivity index (χ3v) is 5.90. The van der Waals surface area contributed by atoms with Gasteiger partial charge >= 0.3 is 5.97 Å². The summed E-state index contributed by atoms with van der Waals surface area (Å²) < 4.78 is 5.84. The molecule has 0 saturated carbocycles. The largest absolute Gasteiger partial charge is 0.496 e. The van der Waals surface area contributed by atoms with Crippen LogP contribution in [0.2, 0.25) is 0 Å². The maximum Gasteiger partial charge on any atom is 0.336 e. The number of aromatic amines is 1. The quantitative estimate of drug-likeness (QED) is 0.650. The van der Waals surface area contributed by atoms with Gasteiger partial charge in [0.1, 0.15) is 5.75 Å². The van der Waals surface area contributed by atoms with Crippen LogP contribution in [0.4, 0.5) is 0 Å². The SMILES string of the molecule is COc1cc(C)c2[nH]ccc2c1C1(c2ccccc2C(=O)O)CNCCN1C. The van der Waals surface area contributed by atoms with Crippen molar-refractivity contribution in [2.24, 2.45) is 0 Å². The Bertz CT molecular complexity index is 1040. The average Bonchev–Trinajstić information content (AvgIpc) is 3.19. The first kappa shape index (κ1) is 18.5. The normalized spacial score (nSPS) is 20.4. The molecule has 1 aromatic heterocycles. The monoisotopic (exact) mass is 379 g/mol. The number of aryl methyl sites for hydroxylation is 1. The van der Waals surface area contributed by atoms with Gasteiger partial charge in [-0.2, -0.15) is 0 Å². The lowest BCUT2D eigenvalue weighted by Crippen LogP contribution is -2.58. The fraction of sp³-hybridized carbons (Fsp3) is 0.318. The second-order valence-electron chi connectivity index (χ2n) is 7.35. The number of hydrogen-bond acceptors (Lipinski definition) is 4. The molecule has 2 heterocycles. The van der Waals surface area contributed by atoms with E-state index in [1.165, 1.54) is 0 Å². The van der Waals surface area contributed by atoms with Crippen molar-refractivity contribution in [3.8, 4) is 5.75 Å². The molecule has 0 radical (unpaired) electrons. The minimum atomic E-state index is -0.926. The Balaban J connectivity index is 2.14. The zero-order valence-corrected chi connectivity index (χ0v) is 16.4. The topological polar surface area (TPSA) is 77.6 Å². The predicted octanol–water partition coefficient (Wildman–Crippen LogP) is 2.96. The van der Waals surface area contributed by atoms with E-state index in [0.717, 1.165) is 46.4 Å². The van der Waals surface area contributed by atoms with Crippen molar-refractivity contribution in [2.45, 2.75) is 12.5 Å². The molecule has 4 rings (SSSR count). The van der Waals surface area contributed by atoms with Gasteiger partial charge in [0, 0.05) is 42.3 Å². The number of ether oxygens (including phenoxy) is 1. The lowest BCUT2D eigenvalue weighted by Gasteiger charge is -2.47. The van der Waals surface area contributed by atoms with Gasteiger partial charge < -0.3 is 20.1 Å². The molecule has 1 atom stereocenters. The lowest BCUT2D eigenvalue weighted by molar-refractivity contribution is 0.0683. The molecule has 1 unspecified atom stereocenters. The van der Waals surface area contributed by atoms with Crippen molar-refractivity contribution in [2.75, 3.05) is 33.8 Å². The molecule has 1 aliphatic heterocycles. The third kappa shape index (κ3) is 2.60. The van der Waals surface area contributed by atoms with Crippen LogP contribution < -0.4 is 10.1 Å². The Morgan fingerprint density at radius 3 is 2.79 bits per heavy atom. The second kappa shape index (κ2) is 6.96. The summed E-state index contributed by atoms with van der Waals surface area (Å²) in [6.45, 7) is 4.27. The van der Waals surface area contributed by atoms with Crippen LogP contribution >= 0.6 is 0 Å². The van der Waals surface area contributed by atoms with Gasteiger partial charge in [0.25, 0.3) is 0 Å². The van der Waals surface area contributed by atoms with Crippen LogP contribution in [0.1, 0.15) is 27.0 Å². The maximum absolute atomic E-state index is 12.1. The summed E-state index contributed by atoms with van der Waals surface area (Å²) in [5.41, 5.74) is 3.52. The van der Waals surface area contributed by atoms with Crippen LogP contribution in [0.25, 0.3) is 10.9 Å². The van der Waals surface area contributed by atoms with Crippen molar-refractivity contribution in [1.82, 2.24) is 15.2 Å². The summed E-state index contributed by atoms with van der Waals surface area (Å²) in [7, 11) is 3.72. The number of aromatic carboxylic acids is 1. The van der Waals surface area contributed by atoms with Crippen molar-refractivity contribution in [3.63, 3.8) is 0 Å². The zero-order chi connectivity index (χ0) is 19.9. The average molecular weight is 379 g/mol. The fourth-order valence-corrected chi connectivity index (χ4v) is 4.55. The first-order valence-electron chi connectivity index (χ1n) is 9.40. The molecule has 1 fully saturated rings. The summed E-state index contributed by atoms with van der Waals surface area (Å²) in [5, 5.41) is 14.5. The number of carboxylic acids is 1. The second-order valence-corrected chi connectivity index (χ2v) is 7.35. The number of fused-ring (bicyclic) bond motifs is 1. The zero-order valence-electron chi connectivity index (χ0n) is 16.4. The van der Waals surface area contributed by atoms with Crippen molar-refractivity contribution in [3.05, 3.63) is 64.8 Å². The molecule has 0 spiro atoms. The third-order valence-electron chi connectivity index (χ3n) is 5.90. The maximum atomic E-state index is 12.1. The van der Waals surface area contributed by atoms with E-state index in [1.54, 1.807) is 19.2 Å². The number of methoxy groups -OCH3 is 1. The van der Waals surface area contributed by atoms with Gasteiger partial charge in [-0.25, -0.2) is 4.79 Å². The highest BCUT2D eigenvalue weighted by atomic mass is 16.5. The number of hydrogen-bond donors (Lipinski definition) is 3. The van der Waals surface area contributed by atoms with E-state index < -0.39 is 11.5 Å². The Morgan fingerprint density at radius 2 is 2.07 bits per heavy atom. The highest BCUT2D eigenvalue weighted by Gasteiger charge is 2.45. The highest BCUT2D eigenvalue weighted by Crippen LogP contribution is 2.46. The molecular formula is C22H25N3O3. The van der Waals surface area contributed by atoms with Gasteiger partial charge in [-0.15, -0.1) is 0 Å². The summed E-state index contributed by atoms with van der Waals surface area (Å²) in [5.74, 6) is -0.161. The molecule has 6 nitrogen and oxygen atoms in total. The van der Waals surface area contributed by atoms with Gasteiger partial charge in [0.2, 0.25) is 0 Å². The van der Waals surface area contributed by atoms with Crippen LogP contribution in [0.5, 0.6) is 5.75 Å². The van der Waals surface area contributed by atoms with E-state index in [9.17, 15) is 9.90 Å². The minimum absolute atomic E-state index is 0.310. The number of benzene rings is 2. The molecule has 146 valence electrons. The molecule has 28 heavy (non-hydrogen) atoms. The molecule has 3 aromatic rings. The number of nitrogens with zero attached hydrogens (tertiary/aromatic N) is 1. The van der Waals surface area contributed by atoms with Crippen molar-refractivity contribution < 1.29 is 14.6 Å². The van der Waals surface area contributed by atoms with Crippen LogP contribution in [0.15, 0.2) is 42.6 Å². The summed E-state index contributed by atoms with van der Waals surface area (Å²) in [6.07, 6.45) is 1.92. The Labute approximate surface area is 164 Å². The Morgan fingerprint density at radius 1 is 1.29 bits per heavy atom.